The average Bonchev–Trinajstić information content (AvgIpc) is 2.27. The molecule has 0 aliphatic heterocycles. The SMILES string of the molecule is Cc1nc(OC2CCCCC2C)ccc1N. The molecular formula is C13H20N2O. The predicted octanol–water partition coefficient (Wildman–Crippen LogP) is 2.93. The Balaban J connectivity index is 2.05. The van der Waals surface area contributed by atoms with Gasteiger partial charge in [0.1, 0.15) is 6.10 Å². The summed E-state index contributed by atoms with van der Waals surface area (Å²) < 4.78 is 5.94. The van der Waals surface area contributed by atoms with Crippen molar-refractivity contribution in [3.05, 3.63) is 17.8 Å². The maximum Gasteiger partial charge on any atom is 0.213 e. The van der Waals surface area contributed by atoms with E-state index in [-0.39, 0.29) is 0 Å². The maximum absolute atomic E-state index is 5.94. The molecule has 0 bridgehead atoms. The molecule has 3 heteroatoms. The van der Waals surface area contributed by atoms with E-state index in [0.717, 1.165) is 17.8 Å². The summed E-state index contributed by atoms with van der Waals surface area (Å²) in [6, 6.07) is 3.73. The number of hydrogen-bond acceptors (Lipinski definition) is 3. The first kappa shape index (κ1) is 11.2. The van der Waals surface area contributed by atoms with Gasteiger partial charge in [-0.05, 0) is 38.2 Å². The number of rotatable bonds is 2. The monoisotopic (exact) mass is 220 g/mol. The van der Waals surface area contributed by atoms with Crippen LogP contribution >= 0.6 is 0 Å². The minimum Gasteiger partial charge on any atom is -0.474 e. The number of ether oxygens (including phenoxy) is 1. The van der Waals surface area contributed by atoms with Crippen molar-refractivity contribution in [3.8, 4) is 5.88 Å². The third kappa shape index (κ3) is 2.46. The predicted molar refractivity (Wildman–Crippen MR) is 65.4 cm³/mol. The Kier molecular flexibility index (Phi) is 3.32. The topological polar surface area (TPSA) is 48.1 Å². The van der Waals surface area contributed by atoms with E-state index in [1.165, 1.54) is 19.3 Å². The number of hydrogen-bond donors (Lipinski definition) is 1. The Labute approximate surface area is 97.0 Å². The van der Waals surface area contributed by atoms with Crippen molar-refractivity contribution < 1.29 is 4.74 Å². The van der Waals surface area contributed by atoms with Gasteiger partial charge in [-0.2, -0.15) is 0 Å². The number of nitrogens with two attached hydrogens (primary N) is 1. The second kappa shape index (κ2) is 4.73. The Morgan fingerprint density at radius 3 is 2.75 bits per heavy atom. The molecule has 1 saturated carbocycles. The molecule has 1 fully saturated rings. The lowest BCUT2D eigenvalue weighted by atomic mass is 9.88. The Hall–Kier alpha value is -1.25. The highest BCUT2D eigenvalue weighted by Gasteiger charge is 2.23. The summed E-state index contributed by atoms with van der Waals surface area (Å²) in [4.78, 5) is 4.35. The lowest BCUT2D eigenvalue weighted by Gasteiger charge is -2.28. The van der Waals surface area contributed by atoms with Gasteiger partial charge in [0.25, 0.3) is 0 Å². The zero-order valence-corrected chi connectivity index (χ0v) is 10.1. The van der Waals surface area contributed by atoms with Gasteiger partial charge in [0.15, 0.2) is 0 Å². The van der Waals surface area contributed by atoms with Crippen LogP contribution in [0.4, 0.5) is 5.69 Å². The van der Waals surface area contributed by atoms with Crippen LogP contribution in [0.15, 0.2) is 12.1 Å². The number of anilines is 1. The maximum atomic E-state index is 5.94. The van der Waals surface area contributed by atoms with Crippen LogP contribution in [-0.4, -0.2) is 11.1 Å². The molecule has 1 aliphatic rings. The molecule has 0 amide bonds. The van der Waals surface area contributed by atoms with Crippen LogP contribution in [-0.2, 0) is 0 Å². The van der Waals surface area contributed by atoms with Gasteiger partial charge in [-0.15, -0.1) is 0 Å². The second-order valence-electron chi connectivity index (χ2n) is 4.74. The number of nitrogen functional groups attached to an aromatic ring is 1. The van der Waals surface area contributed by atoms with E-state index >= 15 is 0 Å². The first-order valence-corrected chi connectivity index (χ1v) is 6.06. The van der Waals surface area contributed by atoms with Crippen molar-refractivity contribution in [2.45, 2.75) is 45.6 Å². The van der Waals surface area contributed by atoms with Crippen molar-refractivity contribution in [1.82, 2.24) is 4.98 Å². The van der Waals surface area contributed by atoms with E-state index in [0.29, 0.717) is 17.9 Å². The molecule has 2 atom stereocenters. The minimum atomic E-state index is 0.323. The van der Waals surface area contributed by atoms with Crippen LogP contribution in [0.5, 0.6) is 5.88 Å². The first-order valence-electron chi connectivity index (χ1n) is 6.06. The molecule has 2 unspecified atom stereocenters. The molecule has 0 radical (unpaired) electrons. The molecule has 0 aromatic carbocycles. The van der Waals surface area contributed by atoms with Crippen molar-refractivity contribution in [1.29, 1.82) is 0 Å². The molecule has 0 saturated heterocycles. The summed E-state index contributed by atoms with van der Waals surface area (Å²) in [7, 11) is 0. The summed E-state index contributed by atoms with van der Waals surface area (Å²) in [5, 5.41) is 0. The molecule has 2 N–H and O–H groups in total. The smallest absolute Gasteiger partial charge is 0.213 e. The highest BCUT2D eigenvalue weighted by molar-refractivity contribution is 5.43. The van der Waals surface area contributed by atoms with Crippen molar-refractivity contribution in [3.63, 3.8) is 0 Å². The molecule has 1 aromatic rings. The molecule has 88 valence electrons. The van der Waals surface area contributed by atoms with Crippen LogP contribution in [0.3, 0.4) is 0 Å². The zero-order valence-electron chi connectivity index (χ0n) is 10.1. The van der Waals surface area contributed by atoms with Crippen molar-refractivity contribution >= 4 is 5.69 Å². The molecule has 16 heavy (non-hydrogen) atoms. The van der Waals surface area contributed by atoms with Crippen LogP contribution < -0.4 is 10.5 Å². The second-order valence-corrected chi connectivity index (χ2v) is 4.74. The number of aromatic nitrogens is 1. The van der Waals surface area contributed by atoms with Crippen LogP contribution in [0, 0.1) is 12.8 Å². The first-order chi connectivity index (χ1) is 7.66. The number of pyridine rings is 1. The summed E-state index contributed by atoms with van der Waals surface area (Å²) in [5.41, 5.74) is 7.31. The third-order valence-electron chi connectivity index (χ3n) is 3.41. The molecular weight excluding hydrogens is 200 g/mol. The van der Waals surface area contributed by atoms with E-state index in [1.807, 2.05) is 19.1 Å². The van der Waals surface area contributed by atoms with Gasteiger partial charge in [0.05, 0.1) is 11.4 Å². The lowest BCUT2D eigenvalue weighted by molar-refractivity contribution is 0.0975. The van der Waals surface area contributed by atoms with Gasteiger partial charge in [-0.25, -0.2) is 4.98 Å². The van der Waals surface area contributed by atoms with Crippen molar-refractivity contribution in [2.75, 3.05) is 5.73 Å². The largest absolute Gasteiger partial charge is 0.474 e. The number of aryl methyl sites for hydroxylation is 1. The summed E-state index contributed by atoms with van der Waals surface area (Å²) in [5.74, 6) is 1.35. The fraction of sp³-hybridized carbons (Fsp3) is 0.615. The number of nitrogens with zero attached hydrogens (tertiary/aromatic N) is 1. The van der Waals surface area contributed by atoms with Gasteiger partial charge < -0.3 is 10.5 Å². The van der Waals surface area contributed by atoms with Gasteiger partial charge in [-0.3, -0.25) is 0 Å². The zero-order chi connectivity index (χ0) is 11.5. The van der Waals surface area contributed by atoms with Crippen LogP contribution in [0.2, 0.25) is 0 Å². The van der Waals surface area contributed by atoms with Gasteiger partial charge in [0.2, 0.25) is 5.88 Å². The lowest BCUT2D eigenvalue weighted by Crippen LogP contribution is -2.28. The van der Waals surface area contributed by atoms with Gasteiger partial charge in [-0.1, -0.05) is 13.3 Å². The Morgan fingerprint density at radius 1 is 1.31 bits per heavy atom. The molecule has 0 spiro atoms. The van der Waals surface area contributed by atoms with Crippen LogP contribution in [0.25, 0.3) is 0 Å². The molecule has 1 heterocycles. The van der Waals surface area contributed by atoms with E-state index in [9.17, 15) is 0 Å². The summed E-state index contributed by atoms with van der Waals surface area (Å²) >= 11 is 0. The van der Waals surface area contributed by atoms with E-state index in [4.69, 9.17) is 10.5 Å². The standard InChI is InChI=1S/C13H20N2O/c1-9-5-3-4-6-12(9)16-13-8-7-11(14)10(2)15-13/h7-9,12H,3-6,14H2,1-2H3. The van der Waals surface area contributed by atoms with E-state index < -0.39 is 0 Å². The Morgan fingerprint density at radius 2 is 2.06 bits per heavy atom. The summed E-state index contributed by atoms with van der Waals surface area (Å²) in [6.45, 7) is 4.17. The highest BCUT2D eigenvalue weighted by Crippen LogP contribution is 2.27. The van der Waals surface area contributed by atoms with Gasteiger partial charge in [0, 0.05) is 6.07 Å². The van der Waals surface area contributed by atoms with Crippen molar-refractivity contribution in [2.24, 2.45) is 5.92 Å². The molecule has 3 nitrogen and oxygen atoms in total. The summed E-state index contributed by atoms with van der Waals surface area (Å²) in [6.07, 6.45) is 5.33. The molecule has 1 aromatic heterocycles. The fourth-order valence-corrected chi connectivity index (χ4v) is 2.23. The van der Waals surface area contributed by atoms with E-state index in [1.54, 1.807) is 0 Å². The minimum absolute atomic E-state index is 0.323. The Bertz CT molecular complexity index is 365. The molecule has 2 rings (SSSR count). The quantitative estimate of drug-likeness (QED) is 0.833. The van der Waals surface area contributed by atoms with Gasteiger partial charge >= 0.3 is 0 Å². The third-order valence-corrected chi connectivity index (χ3v) is 3.41. The average molecular weight is 220 g/mol. The normalized spacial score (nSPS) is 25.4. The fourth-order valence-electron chi connectivity index (χ4n) is 2.23. The highest BCUT2D eigenvalue weighted by atomic mass is 16.5. The molecule has 1 aliphatic carbocycles. The van der Waals surface area contributed by atoms with Crippen LogP contribution in [0.1, 0.15) is 38.3 Å². The van der Waals surface area contributed by atoms with E-state index in [2.05, 4.69) is 11.9 Å².